The number of rotatable bonds is 4. The van der Waals surface area contributed by atoms with Crippen LogP contribution in [0, 0.1) is 0 Å². The average molecular weight is 354 g/mol. The Kier molecular flexibility index (Phi) is 4.99. The standard InChI is InChI=1S/C25H16B2O/c26-23-11-3-7-19(15-23)17-5-1-9-21(13-17)25(28)22-10-2-6-18(14-22)20-8-4-12-24(27)16-20/h1-16H. The Morgan fingerprint density at radius 1 is 0.500 bits per heavy atom. The first-order valence-electron chi connectivity index (χ1n) is 9.07. The fourth-order valence-corrected chi connectivity index (χ4v) is 3.28. The average Bonchev–Trinajstić information content (AvgIpc) is 2.73. The number of ketones is 1. The molecule has 0 bridgehead atoms. The summed E-state index contributed by atoms with van der Waals surface area (Å²) < 4.78 is 0. The first kappa shape index (κ1) is 18.1. The predicted octanol–water partition coefficient (Wildman–Crippen LogP) is 3.84. The molecular formula is C25H16B2O. The van der Waals surface area contributed by atoms with E-state index in [4.69, 9.17) is 15.7 Å². The first-order valence-corrected chi connectivity index (χ1v) is 9.07. The van der Waals surface area contributed by atoms with E-state index in [1.807, 2.05) is 97.1 Å². The Labute approximate surface area is 167 Å². The maximum absolute atomic E-state index is 13.1. The second kappa shape index (κ2) is 7.74. The van der Waals surface area contributed by atoms with Gasteiger partial charge in [-0.2, -0.15) is 0 Å². The van der Waals surface area contributed by atoms with Crippen molar-refractivity contribution in [3.8, 4) is 22.3 Å². The van der Waals surface area contributed by atoms with Gasteiger partial charge in [-0.1, -0.05) is 95.9 Å². The molecule has 4 aromatic carbocycles. The van der Waals surface area contributed by atoms with E-state index in [9.17, 15) is 4.79 Å². The quantitative estimate of drug-likeness (QED) is 0.402. The van der Waals surface area contributed by atoms with Crippen LogP contribution in [0.3, 0.4) is 0 Å². The number of carbonyl (C=O) groups is 1. The maximum Gasteiger partial charge on any atom is 0.193 e. The molecule has 128 valence electrons. The van der Waals surface area contributed by atoms with E-state index in [-0.39, 0.29) is 5.78 Å². The van der Waals surface area contributed by atoms with Crippen LogP contribution in [0.2, 0.25) is 0 Å². The van der Waals surface area contributed by atoms with Crippen molar-refractivity contribution in [2.24, 2.45) is 0 Å². The van der Waals surface area contributed by atoms with Gasteiger partial charge in [-0.25, -0.2) is 0 Å². The third-order valence-corrected chi connectivity index (χ3v) is 4.69. The molecule has 4 aromatic rings. The molecule has 0 unspecified atom stereocenters. The van der Waals surface area contributed by atoms with Gasteiger partial charge in [-0.3, -0.25) is 4.79 Å². The van der Waals surface area contributed by atoms with Crippen molar-refractivity contribution < 1.29 is 4.79 Å². The molecule has 0 aliphatic rings. The lowest BCUT2D eigenvalue weighted by Crippen LogP contribution is -2.03. The lowest BCUT2D eigenvalue weighted by atomic mass is 9.90. The Morgan fingerprint density at radius 2 is 0.857 bits per heavy atom. The van der Waals surface area contributed by atoms with E-state index in [0.717, 1.165) is 22.3 Å². The van der Waals surface area contributed by atoms with E-state index in [1.54, 1.807) is 0 Å². The van der Waals surface area contributed by atoms with Crippen molar-refractivity contribution in [1.29, 1.82) is 0 Å². The van der Waals surface area contributed by atoms with Gasteiger partial charge in [0.1, 0.15) is 15.7 Å². The minimum Gasteiger partial charge on any atom is -0.289 e. The largest absolute Gasteiger partial charge is 0.289 e. The third kappa shape index (κ3) is 3.84. The van der Waals surface area contributed by atoms with E-state index in [0.29, 0.717) is 22.1 Å². The highest BCUT2D eigenvalue weighted by molar-refractivity contribution is 6.33. The normalized spacial score (nSPS) is 10.6. The zero-order valence-electron chi connectivity index (χ0n) is 15.3. The van der Waals surface area contributed by atoms with Crippen LogP contribution < -0.4 is 10.9 Å². The molecule has 0 saturated carbocycles. The SMILES string of the molecule is [B]c1cccc(-c2cccc(C(=O)c3cccc(-c4cccc([B])c4)c3)c2)c1. The van der Waals surface area contributed by atoms with Gasteiger partial charge in [0.25, 0.3) is 0 Å². The molecule has 0 atom stereocenters. The second-order valence-corrected chi connectivity index (χ2v) is 6.74. The van der Waals surface area contributed by atoms with Crippen LogP contribution in [-0.4, -0.2) is 21.5 Å². The molecule has 0 aliphatic heterocycles. The van der Waals surface area contributed by atoms with Crippen molar-refractivity contribution in [3.05, 3.63) is 108 Å². The number of benzene rings is 4. The molecule has 28 heavy (non-hydrogen) atoms. The molecule has 0 spiro atoms. The zero-order chi connectivity index (χ0) is 19.5. The van der Waals surface area contributed by atoms with Gasteiger partial charge >= 0.3 is 0 Å². The number of carbonyl (C=O) groups excluding carboxylic acids is 1. The van der Waals surface area contributed by atoms with Crippen LogP contribution in [0.15, 0.2) is 97.1 Å². The number of hydrogen-bond acceptors (Lipinski definition) is 1. The van der Waals surface area contributed by atoms with E-state index >= 15 is 0 Å². The molecule has 0 N–H and O–H groups in total. The highest BCUT2D eigenvalue weighted by atomic mass is 16.1. The summed E-state index contributed by atoms with van der Waals surface area (Å²) in [5.74, 6) is -0.0171. The Hall–Kier alpha value is -3.32. The van der Waals surface area contributed by atoms with Crippen molar-refractivity contribution >= 4 is 32.4 Å². The van der Waals surface area contributed by atoms with Gasteiger partial charge in [0.05, 0.1) is 0 Å². The second-order valence-electron chi connectivity index (χ2n) is 6.74. The molecule has 0 aromatic heterocycles. The van der Waals surface area contributed by atoms with Gasteiger partial charge in [0.15, 0.2) is 5.78 Å². The summed E-state index contributed by atoms with van der Waals surface area (Å²) in [6.45, 7) is 0. The van der Waals surface area contributed by atoms with Gasteiger partial charge < -0.3 is 0 Å². The molecule has 0 heterocycles. The molecule has 0 aliphatic carbocycles. The minimum atomic E-state index is -0.0171. The topological polar surface area (TPSA) is 17.1 Å². The summed E-state index contributed by atoms with van der Waals surface area (Å²) in [6.07, 6.45) is 0. The highest BCUT2D eigenvalue weighted by Crippen LogP contribution is 2.23. The lowest BCUT2D eigenvalue weighted by Gasteiger charge is -2.08. The fourth-order valence-electron chi connectivity index (χ4n) is 3.28. The highest BCUT2D eigenvalue weighted by Gasteiger charge is 2.11. The maximum atomic E-state index is 13.1. The van der Waals surface area contributed by atoms with Crippen LogP contribution in [0.25, 0.3) is 22.3 Å². The first-order chi connectivity index (χ1) is 13.6. The van der Waals surface area contributed by atoms with Gasteiger partial charge in [-0.15, -0.1) is 0 Å². The van der Waals surface area contributed by atoms with E-state index < -0.39 is 0 Å². The van der Waals surface area contributed by atoms with Gasteiger partial charge in [0, 0.05) is 11.1 Å². The van der Waals surface area contributed by atoms with Crippen LogP contribution in [0.5, 0.6) is 0 Å². The third-order valence-electron chi connectivity index (χ3n) is 4.69. The molecule has 1 nitrogen and oxygen atoms in total. The molecule has 4 rings (SSSR count). The van der Waals surface area contributed by atoms with Crippen LogP contribution in [-0.2, 0) is 0 Å². The Bertz CT molecular complexity index is 1070. The van der Waals surface area contributed by atoms with E-state index in [2.05, 4.69) is 0 Å². The predicted molar refractivity (Wildman–Crippen MR) is 118 cm³/mol. The van der Waals surface area contributed by atoms with Crippen LogP contribution in [0.4, 0.5) is 0 Å². The summed E-state index contributed by atoms with van der Waals surface area (Å²) in [5, 5.41) is 0. The molecule has 0 fully saturated rings. The van der Waals surface area contributed by atoms with Crippen molar-refractivity contribution in [3.63, 3.8) is 0 Å². The van der Waals surface area contributed by atoms with Crippen LogP contribution >= 0.6 is 0 Å². The van der Waals surface area contributed by atoms with Crippen LogP contribution in [0.1, 0.15) is 15.9 Å². The summed E-state index contributed by atoms with van der Waals surface area (Å²) in [6, 6.07) is 30.5. The minimum absolute atomic E-state index is 0.0171. The summed E-state index contributed by atoms with van der Waals surface area (Å²) in [5.41, 5.74) is 6.59. The van der Waals surface area contributed by atoms with Gasteiger partial charge in [0.2, 0.25) is 0 Å². The van der Waals surface area contributed by atoms with Crippen molar-refractivity contribution in [2.45, 2.75) is 0 Å². The van der Waals surface area contributed by atoms with E-state index in [1.165, 1.54) is 0 Å². The summed E-state index contributed by atoms with van der Waals surface area (Å²) in [7, 11) is 11.8. The zero-order valence-corrected chi connectivity index (χ0v) is 15.3. The molecule has 0 saturated heterocycles. The number of hydrogen-bond donors (Lipinski definition) is 0. The molecule has 3 heteroatoms. The monoisotopic (exact) mass is 354 g/mol. The smallest absolute Gasteiger partial charge is 0.193 e. The molecular weight excluding hydrogens is 338 g/mol. The van der Waals surface area contributed by atoms with Crippen molar-refractivity contribution in [1.82, 2.24) is 0 Å². The Morgan fingerprint density at radius 3 is 1.25 bits per heavy atom. The summed E-state index contributed by atoms with van der Waals surface area (Å²) in [4.78, 5) is 13.1. The van der Waals surface area contributed by atoms with Gasteiger partial charge in [-0.05, 0) is 34.4 Å². The van der Waals surface area contributed by atoms with Crippen molar-refractivity contribution in [2.75, 3.05) is 0 Å². The fraction of sp³-hybridized carbons (Fsp3) is 0. The lowest BCUT2D eigenvalue weighted by molar-refractivity contribution is 0.103. The summed E-state index contributed by atoms with van der Waals surface area (Å²) >= 11 is 0. The molecule has 4 radical (unpaired) electrons. The Balaban J connectivity index is 1.69. The molecule has 0 amide bonds.